The van der Waals surface area contributed by atoms with Crippen molar-refractivity contribution >= 4 is 0 Å². The van der Waals surface area contributed by atoms with E-state index in [1.54, 1.807) is 0 Å². The molecule has 2 nitrogen and oxygen atoms in total. The first-order valence-corrected chi connectivity index (χ1v) is 0. The summed E-state index contributed by atoms with van der Waals surface area (Å²) in [4.78, 5) is 0. The number of hydrogen-bond acceptors (Lipinski definition) is 2. The van der Waals surface area contributed by atoms with Gasteiger partial charge in [0.25, 0.3) is 0 Å². The van der Waals surface area contributed by atoms with Crippen molar-refractivity contribution in [2.75, 3.05) is 0 Å². The van der Waals surface area contributed by atoms with E-state index < -0.39 is 0 Å². The van der Waals surface area contributed by atoms with Crippen LogP contribution >= 0.6 is 0 Å². The summed E-state index contributed by atoms with van der Waals surface area (Å²) in [5, 5.41) is 0. The monoisotopic (exact) mass is 104 g/mol. The Bertz CT molecular complexity index is 6.00. The molecule has 0 aromatic carbocycles. The summed E-state index contributed by atoms with van der Waals surface area (Å²) in [6, 6.07) is 0. The zero-order valence-electron chi connectivity index (χ0n) is 1.71. The molecule has 0 aliphatic carbocycles. The minimum atomic E-state index is 0. The molecule has 0 aromatic rings. The summed E-state index contributed by atoms with van der Waals surface area (Å²) in [7, 11) is 0. The van der Waals surface area contributed by atoms with Gasteiger partial charge in [-0.1, -0.05) is 0 Å². The Hall–Kier alpha value is 0.414. The molecule has 0 rings (SSSR count). The Morgan fingerprint density at radius 3 is 0.750 bits per heavy atom. The molecule has 0 atom stereocenters. The van der Waals surface area contributed by atoms with Crippen LogP contribution in [0.3, 0.4) is 0 Å². The standard InChI is InChI=1S/C.Ni.2H2O/h;;2*1H2/q;+2;;/p-2. The van der Waals surface area contributed by atoms with E-state index >= 15 is 0 Å². The van der Waals surface area contributed by atoms with Gasteiger partial charge < -0.3 is 11.0 Å². The average Bonchev–Trinajstić information content (AvgIpc) is 0. The minimum Gasteiger partial charge on any atom is -0.870 e. The van der Waals surface area contributed by atoms with E-state index in [2.05, 4.69) is 0 Å². The van der Waals surface area contributed by atoms with Gasteiger partial charge in [0.1, 0.15) is 0 Å². The molecule has 0 saturated carbocycles. The Morgan fingerprint density at radius 2 is 0.750 bits per heavy atom. The van der Waals surface area contributed by atoms with Crippen molar-refractivity contribution in [2.24, 2.45) is 0 Å². The predicted molar refractivity (Wildman–Crippen MR) is 7.11 cm³/mol. The molecule has 0 heterocycles. The summed E-state index contributed by atoms with van der Waals surface area (Å²) in [6.45, 7) is 0. The average molecular weight is 105 g/mol. The molecular formula is CH2NiO2. The first-order valence-electron chi connectivity index (χ1n) is 0. The van der Waals surface area contributed by atoms with Gasteiger partial charge >= 0.3 is 16.5 Å². The van der Waals surface area contributed by atoms with Gasteiger partial charge in [0.15, 0.2) is 0 Å². The molecule has 4 radical (unpaired) electrons. The van der Waals surface area contributed by atoms with Crippen LogP contribution in [0.4, 0.5) is 0 Å². The quantitative estimate of drug-likeness (QED) is 0.397. The van der Waals surface area contributed by atoms with Gasteiger partial charge in [-0.05, 0) is 0 Å². The van der Waals surface area contributed by atoms with Crippen LogP contribution in [0.1, 0.15) is 0 Å². The fourth-order valence-corrected chi connectivity index (χ4v) is 0. The predicted octanol–water partition coefficient (Wildman–Crippen LogP) is -0.275. The number of hydrogen-bond donors (Lipinski definition) is 0. The van der Waals surface area contributed by atoms with Crippen molar-refractivity contribution < 1.29 is 27.4 Å². The van der Waals surface area contributed by atoms with Gasteiger partial charge in [-0.2, -0.15) is 0 Å². The van der Waals surface area contributed by atoms with E-state index in [1.165, 1.54) is 0 Å². The molecule has 0 fully saturated rings. The van der Waals surface area contributed by atoms with E-state index in [0.29, 0.717) is 0 Å². The Balaban J connectivity index is 0. The summed E-state index contributed by atoms with van der Waals surface area (Å²) in [5.74, 6) is 0. The van der Waals surface area contributed by atoms with Crippen LogP contribution in [-0.4, -0.2) is 11.0 Å². The van der Waals surface area contributed by atoms with Crippen LogP contribution in [0, 0.1) is 7.43 Å². The molecule has 0 amide bonds. The second kappa shape index (κ2) is 116. The first kappa shape index (κ1) is 301. The van der Waals surface area contributed by atoms with Crippen LogP contribution < -0.4 is 0 Å². The van der Waals surface area contributed by atoms with Gasteiger partial charge in [0, 0.05) is 7.43 Å². The van der Waals surface area contributed by atoms with E-state index in [9.17, 15) is 0 Å². The topological polar surface area (TPSA) is 60.0 Å². The fraction of sp³-hybridized carbons (Fsp3) is 0. The van der Waals surface area contributed by atoms with Crippen molar-refractivity contribution in [1.29, 1.82) is 0 Å². The molecule has 0 aliphatic heterocycles. The van der Waals surface area contributed by atoms with Crippen molar-refractivity contribution in [3.8, 4) is 0 Å². The third-order valence-corrected chi connectivity index (χ3v) is 0. The third-order valence-electron chi connectivity index (χ3n) is 0. The van der Waals surface area contributed by atoms with Crippen LogP contribution in [-0.2, 0) is 16.5 Å². The van der Waals surface area contributed by atoms with Crippen molar-refractivity contribution in [2.45, 2.75) is 0 Å². The van der Waals surface area contributed by atoms with Crippen molar-refractivity contribution in [3.63, 3.8) is 0 Å². The summed E-state index contributed by atoms with van der Waals surface area (Å²) in [6.07, 6.45) is 0. The second-order valence-corrected chi connectivity index (χ2v) is 0. The van der Waals surface area contributed by atoms with Gasteiger partial charge in [0.2, 0.25) is 0 Å². The van der Waals surface area contributed by atoms with E-state index in [1.807, 2.05) is 0 Å². The van der Waals surface area contributed by atoms with Crippen LogP contribution in [0.2, 0.25) is 0 Å². The van der Waals surface area contributed by atoms with Crippen LogP contribution in [0.15, 0.2) is 0 Å². The van der Waals surface area contributed by atoms with Crippen molar-refractivity contribution in [1.82, 2.24) is 0 Å². The Labute approximate surface area is 35.7 Å². The molecule has 3 heteroatoms. The second-order valence-electron chi connectivity index (χ2n) is 0. The number of rotatable bonds is 0. The maximum Gasteiger partial charge on any atom is 2.00 e. The Kier molecular flexibility index (Phi) is 8740. The summed E-state index contributed by atoms with van der Waals surface area (Å²) >= 11 is 0. The molecule has 0 aliphatic rings. The SMILES string of the molecule is [C].[Ni+2].[OH-].[OH-]. The van der Waals surface area contributed by atoms with Crippen LogP contribution in [0.5, 0.6) is 0 Å². The molecule has 4 heavy (non-hydrogen) atoms. The molecular weight excluding hydrogens is 103 g/mol. The molecule has 0 bridgehead atoms. The Morgan fingerprint density at radius 1 is 0.750 bits per heavy atom. The molecule has 0 saturated heterocycles. The largest absolute Gasteiger partial charge is 2.00 e. The molecule has 28 valence electrons. The van der Waals surface area contributed by atoms with E-state index in [0.717, 1.165) is 0 Å². The van der Waals surface area contributed by atoms with Gasteiger partial charge in [-0.3, -0.25) is 0 Å². The van der Waals surface area contributed by atoms with Crippen LogP contribution in [0.25, 0.3) is 0 Å². The normalized spacial score (nSPS) is 0. The maximum absolute atomic E-state index is 0. The first-order chi connectivity index (χ1) is 0. The molecule has 0 spiro atoms. The molecule has 2 N–H and O–H groups in total. The zero-order valence-corrected chi connectivity index (χ0v) is 2.70. The van der Waals surface area contributed by atoms with E-state index in [4.69, 9.17) is 0 Å². The maximum atomic E-state index is 0. The molecule has 0 unspecified atom stereocenters. The van der Waals surface area contributed by atoms with Gasteiger partial charge in [-0.15, -0.1) is 0 Å². The van der Waals surface area contributed by atoms with Crippen molar-refractivity contribution in [3.05, 3.63) is 7.43 Å². The molecule has 0 aromatic heterocycles. The smallest absolute Gasteiger partial charge is 0.870 e. The zero-order chi connectivity index (χ0) is 0. The van der Waals surface area contributed by atoms with E-state index in [-0.39, 0.29) is 34.9 Å². The third kappa shape index (κ3) is 28.2. The fourth-order valence-electron chi connectivity index (χ4n) is 0. The summed E-state index contributed by atoms with van der Waals surface area (Å²) in [5.41, 5.74) is 0. The van der Waals surface area contributed by atoms with Gasteiger partial charge in [0.05, 0.1) is 0 Å². The van der Waals surface area contributed by atoms with Gasteiger partial charge in [-0.25, -0.2) is 0 Å². The minimum absolute atomic E-state index is 0. The summed E-state index contributed by atoms with van der Waals surface area (Å²) < 4.78 is 0.